The number of hydrogen-bond donors (Lipinski definition) is 0. The molecule has 1 unspecified atom stereocenters. The van der Waals surface area contributed by atoms with Crippen LogP contribution in [-0.4, -0.2) is 34.4 Å². The van der Waals surface area contributed by atoms with Crippen LogP contribution in [0.15, 0.2) is 58.2 Å². The average molecular weight is 464 g/mol. The van der Waals surface area contributed by atoms with Gasteiger partial charge < -0.3 is 18.6 Å². The Morgan fingerprint density at radius 1 is 1.12 bits per heavy atom. The van der Waals surface area contributed by atoms with E-state index in [2.05, 4.69) is 10.2 Å². The van der Waals surface area contributed by atoms with Crippen molar-refractivity contribution in [1.82, 2.24) is 15.2 Å². The lowest BCUT2D eigenvalue weighted by molar-refractivity contribution is 0.0524. The van der Waals surface area contributed by atoms with Crippen molar-refractivity contribution in [2.45, 2.75) is 30.9 Å². The third-order valence-electron chi connectivity index (χ3n) is 5.25. The Morgan fingerprint density at radius 3 is 2.76 bits per heavy atom. The molecule has 0 fully saturated rings. The van der Waals surface area contributed by atoms with E-state index < -0.39 is 6.10 Å². The van der Waals surface area contributed by atoms with E-state index in [1.807, 2.05) is 55.5 Å². The number of aromatic nitrogens is 3. The molecule has 5 rings (SSSR count). The summed E-state index contributed by atoms with van der Waals surface area (Å²) in [6, 6.07) is 15.2. The third-order valence-corrected chi connectivity index (χ3v) is 6.07. The SMILES string of the molecule is CCOC(=O)c1c(CSc2nnc(C3COc4ccccc4O3)o2)nc2ccccc2c1C. The highest BCUT2D eigenvalue weighted by Crippen LogP contribution is 2.36. The number of rotatable bonds is 6. The maximum atomic E-state index is 12.7. The minimum atomic E-state index is -0.488. The van der Waals surface area contributed by atoms with Crippen LogP contribution in [0.5, 0.6) is 11.5 Å². The summed E-state index contributed by atoms with van der Waals surface area (Å²) in [4.78, 5) is 17.4. The van der Waals surface area contributed by atoms with E-state index in [4.69, 9.17) is 23.6 Å². The van der Waals surface area contributed by atoms with Crippen LogP contribution in [0, 0.1) is 6.92 Å². The highest BCUT2D eigenvalue weighted by molar-refractivity contribution is 7.98. The first kappa shape index (κ1) is 21.3. The fourth-order valence-corrected chi connectivity index (χ4v) is 4.41. The first-order chi connectivity index (χ1) is 16.1. The molecule has 2 aromatic carbocycles. The Kier molecular flexibility index (Phi) is 5.87. The number of fused-ring (bicyclic) bond motifs is 2. The molecule has 9 heteroatoms. The molecule has 0 radical (unpaired) electrons. The first-order valence-corrected chi connectivity index (χ1v) is 11.5. The summed E-state index contributed by atoms with van der Waals surface area (Å²) in [5, 5.41) is 9.53. The number of aryl methyl sites for hydroxylation is 1. The van der Waals surface area contributed by atoms with Crippen molar-refractivity contribution >= 4 is 28.6 Å². The Morgan fingerprint density at radius 2 is 1.91 bits per heavy atom. The van der Waals surface area contributed by atoms with Gasteiger partial charge in [0.1, 0.15) is 6.61 Å². The molecule has 2 aromatic heterocycles. The smallest absolute Gasteiger partial charge is 0.340 e. The van der Waals surface area contributed by atoms with Gasteiger partial charge >= 0.3 is 5.97 Å². The summed E-state index contributed by atoms with van der Waals surface area (Å²) in [6.45, 7) is 4.26. The zero-order valence-electron chi connectivity index (χ0n) is 18.1. The zero-order valence-corrected chi connectivity index (χ0v) is 18.9. The fourth-order valence-electron chi connectivity index (χ4n) is 3.70. The van der Waals surface area contributed by atoms with Crippen molar-refractivity contribution < 1.29 is 23.4 Å². The van der Waals surface area contributed by atoms with Crippen LogP contribution in [0.4, 0.5) is 0 Å². The van der Waals surface area contributed by atoms with Gasteiger partial charge in [0.25, 0.3) is 11.1 Å². The maximum absolute atomic E-state index is 12.7. The standard InChI is InChI=1S/C24H21N3O5S/c1-3-29-23(28)21-14(2)15-8-4-5-9-16(15)25-17(21)13-33-24-27-26-22(32-24)20-12-30-18-10-6-7-11-19(18)31-20/h4-11,20H,3,12-13H2,1-2H3. The molecule has 1 atom stereocenters. The fraction of sp³-hybridized carbons (Fsp3) is 0.250. The van der Waals surface area contributed by atoms with Crippen LogP contribution in [0.3, 0.4) is 0 Å². The second-order valence-corrected chi connectivity index (χ2v) is 8.28. The quantitative estimate of drug-likeness (QED) is 0.292. The van der Waals surface area contributed by atoms with Crippen molar-refractivity contribution in [3.63, 3.8) is 0 Å². The minimum Gasteiger partial charge on any atom is -0.485 e. The summed E-state index contributed by atoms with van der Waals surface area (Å²) in [5.41, 5.74) is 2.74. The molecule has 0 saturated carbocycles. The van der Waals surface area contributed by atoms with Crippen LogP contribution < -0.4 is 9.47 Å². The number of pyridine rings is 1. The Labute approximate surface area is 194 Å². The second-order valence-electron chi connectivity index (χ2n) is 7.36. The Hall–Kier alpha value is -3.59. The monoisotopic (exact) mass is 463 g/mol. The number of thioether (sulfide) groups is 1. The van der Waals surface area contributed by atoms with Crippen molar-refractivity contribution in [2.75, 3.05) is 13.2 Å². The normalized spacial score (nSPS) is 14.9. The van der Waals surface area contributed by atoms with E-state index in [9.17, 15) is 4.79 Å². The maximum Gasteiger partial charge on any atom is 0.340 e. The van der Waals surface area contributed by atoms with Gasteiger partial charge in [0.2, 0.25) is 6.10 Å². The molecule has 168 valence electrons. The van der Waals surface area contributed by atoms with Crippen molar-refractivity contribution in [3.05, 3.63) is 71.2 Å². The number of ether oxygens (including phenoxy) is 3. The number of para-hydroxylation sites is 3. The number of hydrogen-bond acceptors (Lipinski definition) is 9. The van der Waals surface area contributed by atoms with Gasteiger partial charge in [0, 0.05) is 11.1 Å². The summed E-state index contributed by atoms with van der Waals surface area (Å²) >= 11 is 1.30. The molecular weight excluding hydrogens is 442 g/mol. The predicted octanol–water partition coefficient (Wildman–Crippen LogP) is 4.91. The van der Waals surface area contributed by atoms with Crippen LogP contribution >= 0.6 is 11.8 Å². The van der Waals surface area contributed by atoms with Crippen molar-refractivity contribution in [3.8, 4) is 11.5 Å². The molecule has 33 heavy (non-hydrogen) atoms. The van der Waals surface area contributed by atoms with Gasteiger partial charge in [-0.15, -0.1) is 10.2 Å². The van der Waals surface area contributed by atoms with Gasteiger partial charge in [-0.3, -0.25) is 4.98 Å². The molecule has 0 saturated heterocycles. The predicted molar refractivity (Wildman–Crippen MR) is 122 cm³/mol. The molecular formula is C24H21N3O5S. The van der Waals surface area contributed by atoms with Crippen LogP contribution in [0.25, 0.3) is 10.9 Å². The van der Waals surface area contributed by atoms with E-state index in [0.29, 0.717) is 39.6 Å². The lowest BCUT2D eigenvalue weighted by Gasteiger charge is -2.23. The van der Waals surface area contributed by atoms with E-state index >= 15 is 0 Å². The highest BCUT2D eigenvalue weighted by atomic mass is 32.2. The van der Waals surface area contributed by atoms with Crippen LogP contribution in [0.1, 0.15) is 40.5 Å². The number of esters is 1. The number of nitrogens with zero attached hydrogens (tertiary/aromatic N) is 3. The molecule has 0 spiro atoms. The molecule has 4 aromatic rings. The lowest BCUT2D eigenvalue weighted by atomic mass is 10.0. The van der Waals surface area contributed by atoms with Crippen molar-refractivity contribution in [2.24, 2.45) is 0 Å². The van der Waals surface area contributed by atoms with E-state index in [-0.39, 0.29) is 19.2 Å². The molecule has 3 heterocycles. The molecule has 0 N–H and O–H groups in total. The Balaban J connectivity index is 1.37. The van der Waals surface area contributed by atoms with Crippen LogP contribution in [-0.2, 0) is 10.5 Å². The summed E-state index contributed by atoms with van der Waals surface area (Å²) < 4.78 is 22.8. The lowest BCUT2D eigenvalue weighted by Crippen LogP contribution is -2.21. The molecule has 0 amide bonds. The minimum absolute atomic E-state index is 0.280. The second kappa shape index (κ2) is 9.11. The molecule has 1 aliphatic heterocycles. The Bertz CT molecular complexity index is 1320. The highest BCUT2D eigenvalue weighted by Gasteiger charge is 2.28. The summed E-state index contributed by atoms with van der Waals surface area (Å²) in [7, 11) is 0. The van der Waals surface area contributed by atoms with Gasteiger partial charge in [0.05, 0.1) is 23.4 Å². The number of benzene rings is 2. The van der Waals surface area contributed by atoms with Gasteiger partial charge in [-0.1, -0.05) is 42.1 Å². The molecule has 0 bridgehead atoms. The number of carbonyl (C=O) groups excluding carboxylic acids is 1. The summed E-state index contributed by atoms with van der Waals surface area (Å²) in [5.74, 6) is 1.64. The molecule has 0 aliphatic carbocycles. The summed E-state index contributed by atoms with van der Waals surface area (Å²) in [6.07, 6.45) is -0.488. The largest absolute Gasteiger partial charge is 0.485 e. The van der Waals surface area contributed by atoms with Gasteiger partial charge in [-0.25, -0.2) is 4.79 Å². The van der Waals surface area contributed by atoms with Gasteiger partial charge in [0.15, 0.2) is 11.5 Å². The molecule has 1 aliphatic rings. The molecule has 8 nitrogen and oxygen atoms in total. The third kappa shape index (κ3) is 4.23. The van der Waals surface area contributed by atoms with E-state index in [0.717, 1.165) is 16.5 Å². The van der Waals surface area contributed by atoms with Crippen molar-refractivity contribution in [1.29, 1.82) is 0 Å². The van der Waals surface area contributed by atoms with E-state index in [1.54, 1.807) is 6.92 Å². The van der Waals surface area contributed by atoms with Gasteiger partial charge in [-0.2, -0.15) is 0 Å². The first-order valence-electron chi connectivity index (χ1n) is 10.5. The van der Waals surface area contributed by atoms with Gasteiger partial charge in [-0.05, 0) is 37.6 Å². The number of carbonyl (C=O) groups is 1. The van der Waals surface area contributed by atoms with Crippen LogP contribution in [0.2, 0.25) is 0 Å². The average Bonchev–Trinajstić information content (AvgIpc) is 3.32. The zero-order chi connectivity index (χ0) is 22.8. The topological polar surface area (TPSA) is 96.6 Å². The van der Waals surface area contributed by atoms with E-state index in [1.165, 1.54) is 11.8 Å².